The highest BCUT2D eigenvalue weighted by molar-refractivity contribution is 5.81. The molecule has 5 heteroatoms. The van der Waals surface area contributed by atoms with Gasteiger partial charge in [0.1, 0.15) is 0 Å². The minimum absolute atomic E-state index is 0.0354. The number of rotatable bonds is 5. The summed E-state index contributed by atoms with van der Waals surface area (Å²) in [5.74, 6) is 0.738. The number of carbonyl (C=O) groups excluding carboxylic acids is 1. The molecule has 120 valence electrons. The van der Waals surface area contributed by atoms with Crippen LogP contribution in [0.2, 0.25) is 0 Å². The van der Waals surface area contributed by atoms with Crippen molar-refractivity contribution < 1.29 is 4.79 Å². The van der Waals surface area contributed by atoms with E-state index in [4.69, 9.17) is 0 Å². The highest BCUT2D eigenvalue weighted by Gasteiger charge is 2.24. The number of aromatic nitrogens is 1. The van der Waals surface area contributed by atoms with Crippen molar-refractivity contribution in [2.24, 2.45) is 5.92 Å². The SMILES string of the molecule is O=C(NCC1CCCN(Cc2ccccn2)C1)C1CCCN1. The lowest BCUT2D eigenvalue weighted by molar-refractivity contribution is -0.123. The van der Waals surface area contributed by atoms with Crippen LogP contribution in [0.15, 0.2) is 24.4 Å². The van der Waals surface area contributed by atoms with Crippen LogP contribution in [0.1, 0.15) is 31.4 Å². The lowest BCUT2D eigenvalue weighted by Crippen LogP contribution is -2.45. The Morgan fingerprint density at radius 3 is 3.09 bits per heavy atom. The highest BCUT2D eigenvalue weighted by atomic mass is 16.2. The number of carbonyl (C=O) groups is 1. The number of hydrogen-bond donors (Lipinski definition) is 2. The van der Waals surface area contributed by atoms with Crippen molar-refractivity contribution in [2.75, 3.05) is 26.2 Å². The van der Waals surface area contributed by atoms with Crippen LogP contribution in [-0.2, 0) is 11.3 Å². The molecule has 0 aromatic carbocycles. The second kappa shape index (κ2) is 7.70. The van der Waals surface area contributed by atoms with Crippen LogP contribution in [0.3, 0.4) is 0 Å². The van der Waals surface area contributed by atoms with E-state index in [-0.39, 0.29) is 11.9 Å². The number of nitrogens with zero attached hydrogens (tertiary/aromatic N) is 2. The minimum Gasteiger partial charge on any atom is -0.354 e. The molecular formula is C17H26N4O. The van der Waals surface area contributed by atoms with Crippen LogP contribution >= 0.6 is 0 Å². The van der Waals surface area contributed by atoms with E-state index >= 15 is 0 Å². The summed E-state index contributed by atoms with van der Waals surface area (Å²) in [4.78, 5) is 18.9. The molecule has 2 aliphatic rings. The van der Waals surface area contributed by atoms with Crippen LogP contribution in [0.25, 0.3) is 0 Å². The predicted octanol–water partition coefficient (Wildman–Crippen LogP) is 1.16. The van der Waals surface area contributed by atoms with Crippen LogP contribution in [0.5, 0.6) is 0 Å². The number of hydrogen-bond acceptors (Lipinski definition) is 4. The Hall–Kier alpha value is -1.46. The van der Waals surface area contributed by atoms with Crippen LogP contribution < -0.4 is 10.6 Å². The third kappa shape index (κ3) is 4.27. The van der Waals surface area contributed by atoms with Crippen LogP contribution in [0, 0.1) is 5.92 Å². The second-order valence-electron chi connectivity index (χ2n) is 6.46. The number of piperidine rings is 1. The van der Waals surface area contributed by atoms with Crippen molar-refractivity contribution >= 4 is 5.91 Å². The molecule has 3 rings (SSSR count). The predicted molar refractivity (Wildman–Crippen MR) is 86.3 cm³/mol. The maximum absolute atomic E-state index is 12.1. The van der Waals surface area contributed by atoms with Crippen molar-refractivity contribution in [3.63, 3.8) is 0 Å². The summed E-state index contributed by atoms with van der Waals surface area (Å²) in [5, 5.41) is 6.39. The van der Waals surface area contributed by atoms with E-state index in [0.717, 1.165) is 51.3 Å². The first-order valence-electron chi connectivity index (χ1n) is 8.44. The van der Waals surface area contributed by atoms with E-state index in [1.54, 1.807) is 0 Å². The zero-order valence-electron chi connectivity index (χ0n) is 13.1. The normalized spacial score (nSPS) is 26.0. The summed E-state index contributed by atoms with van der Waals surface area (Å²) < 4.78 is 0. The van der Waals surface area contributed by atoms with Crippen LogP contribution in [-0.4, -0.2) is 48.0 Å². The van der Waals surface area contributed by atoms with Gasteiger partial charge in [0.25, 0.3) is 0 Å². The molecule has 2 aliphatic heterocycles. The summed E-state index contributed by atoms with van der Waals surface area (Å²) in [7, 11) is 0. The maximum Gasteiger partial charge on any atom is 0.237 e. The van der Waals surface area contributed by atoms with Crippen molar-refractivity contribution in [1.29, 1.82) is 0 Å². The van der Waals surface area contributed by atoms with Gasteiger partial charge in [0.15, 0.2) is 0 Å². The van der Waals surface area contributed by atoms with Gasteiger partial charge in [0, 0.05) is 25.8 Å². The van der Waals surface area contributed by atoms with E-state index < -0.39 is 0 Å². The monoisotopic (exact) mass is 302 g/mol. The summed E-state index contributed by atoms with van der Waals surface area (Å²) >= 11 is 0. The van der Waals surface area contributed by atoms with Gasteiger partial charge in [-0.25, -0.2) is 0 Å². The van der Waals surface area contributed by atoms with Gasteiger partial charge < -0.3 is 10.6 Å². The number of likely N-dealkylation sites (tertiary alicyclic amines) is 1. The molecule has 2 unspecified atom stereocenters. The molecule has 0 spiro atoms. The molecule has 0 saturated carbocycles. The summed E-state index contributed by atoms with van der Waals surface area (Å²) in [6.45, 7) is 4.87. The average Bonchev–Trinajstić information content (AvgIpc) is 3.08. The van der Waals surface area contributed by atoms with E-state index in [1.807, 2.05) is 18.3 Å². The molecule has 2 atom stereocenters. The first-order valence-corrected chi connectivity index (χ1v) is 8.44. The third-order valence-corrected chi connectivity index (χ3v) is 4.66. The van der Waals surface area contributed by atoms with E-state index in [9.17, 15) is 4.79 Å². The molecular weight excluding hydrogens is 276 g/mol. The minimum atomic E-state index is 0.0354. The molecule has 1 amide bonds. The van der Waals surface area contributed by atoms with Gasteiger partial charge in [-0.05, 0) is 56.8 Å². The van der Waals surface area contributed by atoms with Crippen molar-refractivity contribution in [2.45, 2.75) is 38.3 Å². The zero-order chi connectivity index (χ0) is 15.2. The molecule has 0 aliphatic carbocycles. The Labute approximate surface area is 132 Å². The van der Waals surface area contributed by atoms with Gasteiger partial charge in [-0.2, -0.15) is 0 Å². The van der Waals surface area contributed by atoms with Crippen LogP contribution in [0.4, 0.5) is 0 Å². The summed E-state index contributed by atoms with van der Waals surface area (Å²) in [5.41, 5.74) is 1.13. The quantitative estimate of drug-likeness (QED) is 0.857. The lowest BCUT2D eigenvalue weighted by Gasteiger charge is -2.32. The maximum atomic E-state index is 12.1. The number of nitrogens with one attached hydrogen (secondary N) is 2. The first-order chi connectivity index (χ1) is 10.8. The van der Waals surface area contributed by atoms with Gasteiger partial charge in [0.2, 0.25) is 5.91 Å². The standard InChI is InChI=1S/C17H26N4O/c22-17(16-7-3-9-19-16)20-11-14-5-4-10-21(12-14)13-15-6-1-2-8-18-15/h1-2,6,8,14,16,19H,3-5,7,9-13H2,(H,20,22). The highest BCUT2D eigenvalue weighted by Crippen LogP contribution is 2.17. The molecule has 1 aromatic rings. The summed E-state index contributed by atoms with van der Waals surface area (Å²) in [6, 6.07) is 6.11. The molecule has 2 N–H and O–H groups in total. The first kappa shape index (κ1) is 15.4. The van der Waals surface area contributed by atoms with Crippen molar-refractivity contribution in [3.8, 4) is 0 Å². The van der Waals surface area contributed by atoms with E-state index in [1.165, 1.54) is 12.8 Å². The molecule has 22 heavy (non-hydrogen) atoms. The smallest absolute Gasteiger partial charge is 0.237 e. The molecule has 2 saturated heterocycles. The van der Waals surface area contributed by atoms with Gasteiger partial charge in [-0.1, -0.05) is 6.07 Å². The fourth-order valence-electron chi connectivity index (χ4n) is 3.46. The Morgan fingerprint density at radius 2 is 2.32 bits per heavy atom. The van der Waals surface area contributed by atoms with E-state index in [0.29, 0.717) is 5.92 Å². The summed E-state index contributed by atoms with van der Waals surface area (Å²) in [6.07, 6.45) is 6.35. The number of amides is 1. The fraction of sp³-hybridized carbons (Fsp3) is 0.647. The largest absolute Gasteiger partial charge is 0.354 e. The van der Waals surface area contributed by atoms with Crippen molar-refractivity contribution in [3.05, 3.63) is 30.1 Å². The topological polar surface area (TPSA) is 57.3 Å². The van der Waals surface area contributed by atoms with Crippen molar-refractivity contribution in [1.82, 2.24) is 20.5 Å². The Morgan fingerprint density at radius 1 is 1.36 bits per heavy atom. The average molecular weight is 302 g/mol. The molecule has 1 aromatic heterocycles. The second-order valence-corrected chi connectivity index (χ2v) is 6.46. The Kier molecular flexibility index (Phi) is 5.40. The lowest BCUT2D eigenvalue weighted by atomic mass is 9.97. The van der Waals surface area contributed by atoms with Gasteiger partial charge in [-0.15, -0.1) is 0 Å². The van der Waals surface area contributed by atoms with E-state index in [2.05, 4.69) is 26.6 Å². The Bertz CT molecular complexity index is 473. The fourth-order valence-corrected chi connectivity index (χ4v) is 3.46. The molecule has 0 bridgehead atoms. The van der Waals surface area contributed by atoms with Gasteiger partial charge in [-0.3, -0.25) is 14.7 Å². The molecule has 0 radical (unpaired) electrons. The Balaban J connectivity index is 1.43. The molecule has 3 heterocycles. The number of pyridine rings is 1. The molecule has 2 fully saturated rings. The van der Waals surface area contributed by atoms with Gasteiger partial charge in [0.05, 0.1) is 11.7 Å². The van der Waals surface area contributed by atoms with Gasteiger partial charge >= 0.3 is 0 Å². The zero-order valence-corrected chi connectivity index (χ0v) is 13.1. The third-order valence-electron chi connectivity index (χ3n) is 4.66. The molecule has 5 nitrogen and oxygen atoms in total.